The lowest BCUT2D eigenvalue weighted by atomic mass is 10.1. The van der Waals surface area contributed by atoms with Gasteiger partial charge in [-0.2, -0.15) is 0 Å². The van der Waals surface area contributed by atoms with Crippen molar-refractivity contribution in [3.8, 4) is 0 Å². The van der Waals surface area contributed by atoms with E-state index in [1.807, 2.05) is 0 Å². The van der Waals surface area contributed by atoms with Crippen molar-refractivity contribution in [2.75, 3.05) is 39.3 Å². The van der Waals surface area contributed by atoms with Gasteiger partial charge in [0.2, 0.25) is 12.3 Å². The first-order valence-corrected chi connectivity index (χ1v) is 7.11. The van der Waals surface area contributed by atoms with E-state index in [2.05, 4.69) is 5.32 Å². The van der Waals surface area contributed by atoms with Crippen LogP contribution in [0.4, 0.5) is 4.39 Å². The van der Waals surface area contributed by atoms with Crippen molar-refractivity contribution in [1.29, 1.82) is 0 Å². The fourth-order valence-corrected chi connectivity index (χ4v) is 2.27. The molecule has 0 atom stereocenters. The molecule has 1 fully saturated rings. The number of amides is 2. The molecule has 0 aliphatic carbocycles. The van der Waals surface area contributed by atoms with Gasteiger partial charge in [-0.25, -0.2) is 4.39 Å². The Morgan fingerprint density at radius 2 is 1.86 bits per heavy atom. The van der Waals surface area contributed by atoms with Crippen LogP contribution in [-0.2, 0) is 16.0 Å². The number of carbonyl (C=O) groups is 2. The molecule has 1 aliphatic rings. The third kappa shape index (κ3) is 4.82. The molecule has 1 aromatic rings. The number of halogens is 1. The van der Waals surface area contributed by atoms with Crippen molar-refractivity contribution in [1.82, 2.24) is 15.1 Å². The van der Waals surface area contributed by atoms with E-state index in [9.17, 15) is 14.0 Å². The van der Waals surface area contributed by atoms with Crippen molar-refractivity contribution in [3.05, 3.63) is 35.6 Å². The van der Waals surface area contributed by atoms with Gasteiger partial charge in [-0.3, -0.25) is 9.59 Å². The Labute approximate surface area is 123 Å². The van der Waals surface area contributed by atoms with Gasteiger partial charge in [-0.1, -0.05) is 12.1 Å². The summed E-state index contributed by atoms with van der Waals surface area (Å²) in [4.78, 5) is 26.0. The second-order valence-corrected chi connectivity index (χ2v) is 5.08. The minimum atomic E-state index is -0.239. The van der Waals surface area contributed by atoms with Gasteiger partial charge in [-0.05, 0) is 30.7 Å². The Balaban J connectivity index is 1.63. The summed E-state index contributed by atoms with van der Waals surface area (Å²) in [6, 6.07) is 6.37. The van der Waals surface area contributed by atoms with Crippen LogP contribution in [0.25, 0.3) is 0 Å². The Morgan fingerprint density at radius 3 is 2.48 bits per heavy atom. The van der Waals surface area contributed by atoms with Gasteiger partial charge in [0.15, 0.2) is 0 Å². The van der Waals surface area contributed by atoms with Crippen LogP contribution in [0, 0.1) is 5.82 Å². The molecule has 1 aromatic carbocycles. The average Bonchev–Trinajstić information content (AvgIpc) is 2.53. The van der Waals surface area contributed by atoms with Crippen LogP contribution >= 0.6 is 0 Å². The topological polar surface area (TPSA) is 52.7 Å². The molecule has 6 heteroatoms. The van der Waals surface area contributed by atoms with Crippen molar-refractivity contribution in [2.45, 2.75) is 6.42 Å². The molecule has 114 valence electrons. The van der Waals surface area contributed by atoms with Gasteiger partial charge in [0, 0.05) is 26.2 Å². The predicted molar refractivity (Wildman–Crippen MR) is 77.2 cm³/mol. The number of hydrogen-bond donors (Lipinski definition) is 1. The number of nitrogens with zero attached hydrogens (tertiary/aromatic N) is 2. The second kappa shape index (κ2) is 7.73. The van der Waals surface area contributed by atoms with Crippen LogP contribution < -0.4 is 5.32 Å². The molecular weight excluding hydrogens is 273 g/mol. The van der Waals surface area contributed by atoms with E-state index in [1.54, 1.807) is 21.9 Å². The zero-order chi connectivity index (χ0) is 15.1. The number of rotatable bonds is 6. The molecular formula is C15H20FN3O2. The zero-order valence-electron chi connectivity index (χ0n) is 11.9. The Hall–Kier alpha value is -1.95. The van der Waals surface area contributed by atoms with Gasteiger partial charge in [0.1, 0.15) is 5.82 Å². The van der Waals surface area contributed by atoms with Crippen LogP contribution in [0.1, 0.15) is 5.56 Å². The number of benzene rings is 1. The normalized spacial score (nSPS) is 15.1. The Bertz CT molecular complexity index is 470. The lowest BCUT2D eigenvalue weighted by Gasteiger charge is -2.32. The van der Waals surface area contributed by atoms with E-state index in [1.165, 1.54) is 12.1 Å². The van der Waals surface area contributed by atoms with Gasteiger partial charge < -0.3 is 15.1 Å². The molecule has 0 saturated carbocycles. The highest BCUT2D eigenvalue weighted by atomic mass is 19.1. The summed E-state index contributed by atoms with van der Waals surface area (Å²) in [7, 11) is 0. The summed E-state index contributed by atoms with van der Waals surface area (Å²) < 4.78 is 12.7. The predicted octanol–water partition coefficient (Wildman–Crippen LogP) is 0.258. The number of nitrogens with one attached hydrogen (secondary N) is 1. The summed E-state index contributed by atoms with van der Waals surface area (Å²) >= 11 is 0. The van der Waals surface area contributed by atoms with Crippen molar-refractivity contribution in [2.24, 2.45) is 0 Å². The molecule has 5 nitrogen and oxygen atoms in total. The number of carbonyl (C=O) groups excluding carboxylic acids is 2. The molecule has 1 heterocycles. The Kier molecular flexibility index (Phi) is 5.68. The summed E-state index contributed by atoms with van der Waals surface area (Å²) in [6.07, 6.45) is 1.58. The molecule has 2 rings (SSSR count). The van der Waals surface area contributed by atoms with Crippen molar-refractivity contribution < 1.29 is 14.0 Å². The third-order valence-corrected chi connectivity index (χ3v) is 3.60. The number of piperazine rings is 1. The Morgan fingerprint density at radius 1 is 1.19 bits per heavy atom. The largest absolute Gasteiger partial charge is 0.342 e. The van der Waals surface area contributed by atoms with Crippen LogP contribution in [-0.4, -0.2) is 61.4 Å². The fraction of sp³-hybridized carbons (Fsp3) is 0.467. The highest BCUT2D eigenvalue weighted by Crippen LogP contribution is 2.03. The van der Waals surface area contributed by atoms with E-state index in [0.717, 1.165) is 18.4 Å². The van der Waals surface area contributed by atoms with E-state index in [-0.39, 0.29) is 11.7 Å². The van der Waals surface area contributed by atoms with E-state index in [0.29, 0.717) is 39.3 Å². The monoisotopic (exact) mass is 293 g/mol. The first kappa shape index (κ1) is 15.4. The quantitative estimate of drug-likeness (QED) is 0.604. The maximum atomic E-state index is 12.7. The van der Waals surface area contributed by atoms with Crippen LogP contribution in [0.5, 0.6) is 0 Å². The fourth-order valence-electron chi connectivity index (χ4n) is 2.27. The van der Waals surface area contributed by atoms with E-state index >= 15 is 0 Å². The molecule has 0 bridgehead atoms. The molecule has 1 N–H and O–H groups in total. The third-order valence-electron chi connectivity index (χ3n) is 3.60. The first-order chi connectivity index (χ1) is 10.2. The summed E-state index contributed by atoms with van der Waals surface area (Å²) in [5.41, 5.74) is 1.04. The van der Waals surface area contributed by atoms with Crippen LogP contribution in [0.15, 0.2) is 24.3 Å². The molecule has 0 radical (unpaired) electrons. The van der Waals surface area contributed by atoms with E-state index in [4.69, 9.17) is 0 Å². The van der Waals surface area contributed by atoms with Gasteiger partial charge in [0.05, 0.1) is 6.54 Å². The summed E-state index contributed by atoms with van der Waals surface area (Å²) in [6.45, 7) is 3.36. The second-order valence-electron chi connectivity index (χ2n) is 5.08. The highest BCUT2D eigenvalue weighted by Gasteiger charge is 2.19. The zero-order valence-corrected chi connectivity index (χ0v) is 11.9. The van der Waals surface area contributed by atoms with Crippen LogP contribution in [0.2, 0.25) is 0 Å². The van der Waals surface area contributed by atoms with Crippen molar-refractivity contribution >= 4 is 12.3 Å². The summed E-state index contributed by atoms with van der Waals surface area (Å²) in [5, 5.41) is 3.10. The molecule has 0 unspecified atom stereocenters. The average molecular weight is 293 g/mol. The molecule has 0 aromatic heterocycles. The highest BCUT2D eigenvalue weighted by molar-refractivity contribution is 5.78. The lowest BCUT2D eigenvalue weighted by molar-refractivity contribution is -0.134. The van der Waals surface area contributed by atoms with E-state index < -0.39 is 0 Å². The molecule has 2 amide bonds. The molecule has 1 saturated heterocycles. The van der Waals surface area contributed by atoms with Gasteiger partial charge in [0.25, 0.3) is 0 Å². The first-order valence-electron chi connectivity index (χ1n) is 7.11. The van der Waals surface area contributed by atoms with Gasteiger partial charge >= 0.3 is 0 Å². The SMILES string of the molecule is O=CN1CCN(C(=O)CNCCc2ccc(F)cc2)CC1. The minimum Gasteiger partial charge on any atom is -0.342 e. The standard InChI is InChI=1S/C15H20FN3O2/c16-14-3-1-13(2-4-14)5-6-17-11-15(21)19-9-7-18(12-20)8-10-19/h1-4,12,17H,5-11H2. The summed E-state index contributed by atoms with van der Waals surface area (Å²) in [5.74, 6) is -0.184. The smallest absolute Gasteiger partial charge is 0.236 e. The molecule has 21 heavy (non-hydrogen) atoms. The molecule has 1 aliphatic heterocycles. The maximum absolute atomic E-state index is 12.7. The number of hydrogen-bond acceptors (Lipinski definition) is 3. The lowest BCUT2D eigenvalue weighted by Crippen LogP contribution is -2.50. The van der Waals surface area contributed by atoms with Crippen LogP contribution in [0.3, 0.4) is 0 Å². The van der Waals surface area contributed by atoms with Gasteiger partial charge in [-0.15, -0.1) is 0 Å². The molecule has 0 spiro atoms. The maximum Gasteiger partial charge on any atom is 0.236 e. The van der Waals surface area contributed by atoms with Crippen molar-refractivity contribution in [3.63, 3.8) is 0 Å². The minimum absolute atomic E-state index is 0.0552.